The molecule has 1 amide bonds. The summed E-state index contributed by atoms with van der Waals surface area (Å²) in [5, 5.41) is 0. The summed E-state index contributed by atoms with van der Waals surface area (Å²) < 4.78 is 2.14. The molecule has 2 fully saturated rings. The van der Waals surface area contributed by atoms with Gasteiger partial charge in [0, 0.05) is 44.5 Å². The Morgan fingerprint density at radius 2 is 1.81 bits per heavy atom. The molecule has 138 valence electrons. The van der Waals surface area contributed by atoms with Crippen molar-refractivity contribution < 1.29 is 4.79 Å². The highest BCUT2D eigenvalue weighted by atomic mass is 16.2. The fraction of sp³-hybridized carbons (Fsp3) is 0.364. The van der Waals surface area contributed by atoms with Gasteiger partial charge in [0.05, 0.1) is 17.0 Å². The van der Waals surface area contributed by atoms with Crippen LogP contribution < -0.4 is 4.90 Å². The number of fused-ring (bicyclic) bond motifs is 1. The number of imidazole rings is 1. The fourth-order valence-corrected chi connectivity index (χ4v) is 4.29. The van der Waals surface area contributed by atoms with Gasteiger partial charge in [0.1, 0.15) is 5.82 Å². The van der Waals surface area contributed by atoms with E-state index in [9.17, 15) is 4.79 Å². The molecular formula is C22H24N4O. The first-order valence-corrected chi connectivity index (χ1v) is 9.76. The molecule has 1 aromatic heterocycles. The first kappa shape index (κ1) is 16.4. The Morgan fingerprint density at radius 3 is 2.59 bits per heavy atom. The number of aromatic nitrogens is 2. The Bertz CT molecular complexity index is 996. The molecule has 3 heterocycles. The van der Waals surface area contributed by atoms with Gasteiger partial charge in [-0.05, 0) is 37.1 Å². The van der Waals surface area contributed by atoms with Crippen molar-refractivity contribution in [1.82, 2.24) is 14.5 Å². The molecule has 0 radical (unpaired) electrons. The third-order valence-corrected chi connectivity index (χ3v) is 5.91. The van der Waals surface area contributed by atoms with Crippen LogP contribution in [-0.2, 0) is 11.8 Å². The lowest BCUT2D eigenvalue weighted by molar-refractivity contribution is -0.135. The van der Waals surface area contributed by atoms with Gasteiger partial charge in [-0.15, -0.1) is 0 Å². The number of hydrogen-bond acceptors (Lipinski definition) is 3. The topological polar surface area (TPSA) is 41.4 Å². The SMILES string of the molecule is Cn1c(-c2cccc(N3CC(C(=O)N4CCCC4)C3)c2)nc2ccccc21. The largest absolute Gasteiger partial charge is 0.370 e. The number of carbonyl (C=O) groups excluding carboxylic acids is 1. The minimum absolute atomic E-state index is 0.155. The van der Waals surface area contributed by atoms with E-state index in [0.29, 0.717) is 5.91 Å². The first-order valence-electron chi connectivity index (χ1n) is 9.76. The highest BCUT2D eigenvalue weighted by Gasteiger charge is 2.36. The predicted molar refractivity (Wildman–Crippen MR) is 108 cm³/mol. The lowest BCUT2D eigenvalue weighted by Gasteiger charge is -2.41. The maximum atomic E-state index is 12.5. The third kappa shape index (κ3) is 2.78. The zero-order valence-corrected chi connectivity index (χ0v) is 15.6. The average Bonchev–Trinajstić information content (AvgIpc) is 3.30. The highest BCUT2D eigenvalue weighted by Crippen LogP contribution is 2.31. The summed E-state index contributed by atoms with van der Waals surface area (Å²) in [6.07, 6.45) is 2.31. The molecule has 2 aliphatic rings. The summed E-state index contributed by atoms with van der Waals surface area (Å²) in [6, 6.07) is 16.7. The molecule has 0 N–H and O–H groups in total. The monoisotopic (exact) mass is 360 g/mol. The van der Waals surface area contributed by atoms with Gasteiger partial charge >= 0.3 is 0 Å². The Hall–Kier alpha value is -2.82. The van der Waals surface area contributed by atoms with Crippen LogP contribution in [0.3, 0.4) is 0 Å². The number of amides is 1. The maximum absolute atomic E-state index is 12.5. The number of carbonyl (C=O) groups is 1. The molecule has 0 unspecified atom stereocenters. The molecule has 0 spiro atoms. The number of aryl methyl sites for hydroxylation is 1. The van der Waals surface area contributed by atoms with Gasteiger partial charge in [0.2, 0.25) is 5.91 Å². The lowest BCUT2D eigenvalue weighted by atomic mass is 9.97. The predicted octanol–water partition coefficient (Wildman–Crippen LogP) is 3.30. The van der Waals surface area contributed by atoms with E-state index in [1.807, 2.05) is 23.1 Å². The van der Waals surface area contributed by atoms with Gasteiger partial charge in [-0.1, -0.05) is 24.3 Å². The summed E-state index contributed by atoms with van der Waals surface area (Å²) >= 11 is 0. The smallest absolute Gasteiger partial charge is 0.229 e. The van der Waals surface area contributed by atoms with Crippen LogP contribution in [0.1, 0.15) is 12.8 Å². The molecule has 3 aromatic rings. The second-order valence-electron chi connectivity index (χ2n) is 7.67. The molecule has 2 aromatic carbocycles. The molecule has 0 saturated carbocycles. The Kier molecular flexibility index (Phi) is 3.88. The average molecular weight is 360 g/mol. The van der Waals surface area contributed by atoms with E-state index in [1.54, 1.807) is 0 Å². The fourth-order valence-electron chi connectivity index (χ4n) is 4.29. The number of para-hydroxylation sites is 2. The number of rotatable bonds is 3. The van der Waals surface area contributed by atoms with Gasteiger partial charge in [0.25, 0.3) is 0 Å². The van der Waals surface area contributed by atoms with Crippen LogP contribution in [0, 0.1) is 5.92 Å². The molecular weight excluding hydrogens is 336 g/mol. The molecule has 5 heteroatoms. The number of hydrogen-bond donors (Lipinski definition) is 0. The van der Waals surface area contributed by atoms with Crippen LogP contribution in [0.4, 0.5) is 5.69 Å². The summed E-state index contributed by atoms with van der Waals surface area (Å²) in [4.78, 5) is 21.7. The molecule has 0 bridgehead atoms. The normalized spacial score (nSPS) is 17.5. The first-order chi connectivity index (χ1) is 13.2. The van der Waals surface area contributed by atoms with Crippen molar-refractivity contribution >= 4 is 22.6 Å². The van der Waals surface area contributed by atoms with E-state index in [2.05, 4.69) is 46.8 Å². The Labute approximate surface area is 159 Å². The van der Waals surface area contributed by atoms with Crippen LogP contribution >= 0.6 is 0 Å². The number of anilines is 1. The summed E-state index contributed by atoms with van der Waals surface area (Å²) in [7, 11) is 2.06. The molecule has 5 nitrogen and oxygen atoms in total. The number of nitrogens with zero attached hydrogens (tertiary/aromatic N) is 4. The van der Waals surface area contributed by atoms with E-state index >= 15 is 0 Å². The summed E-state index contributed by atoms with van der Waals surface area (Å²) in [6.45, 7) is 3.53. The Balaban J connectivity index is 1.35. The van der Waals surface area contributed by atoms with Crippen molar-refractivity contribution in [2.75, 3.05) is 31.1 Å². The molecule has 27 heavy (non-hydrogen) atoms. The molecule has 2 saturated heterocycles. The van der Waals surface area contributed by atoms with Gasteiger partial charge in [-0.25, -0.2) is 4.98 Å². The van der Waals surface area contributed by atoms with Crippen molar-refractivity contribution in [3.05, 3.63) is 48.5 Å². The summed E-state index contributed by atoms with van der Waals surface area (Å²) in [5.41, 5.74) is 4.43. The van der Waals surface area contributed by atoms with Crippen molar-refractivity contribution in [3.8, 4) is 11.4 Å². The van der Waals surface area contributed by atoms with Crippen LogP contribution in [0.15, 0.2) is 48.5 Å². The van der Waals surface area contributed by atoms with Crippen LogP contribution in [0.2, 0.25) is 0 Å². The minimum atomic E-state index is 0.155. The molecule has 0 atom stereocenters. The van der Waals surface area contributed by atoms with Crippen molar-refractivity contribution in [2.24, 2.45) is 13.0 Å². The van der Waals surface area contributed by atoms with Crippen LogP contribution in [0.25, 0.3) is 22.4 Å². The quantitative estimate of drug-likeness (QED) is 0.720. The second kappa shape index (κ2) is 6.41. The Morgan fingerprint density at radius 1 is 1.04 bits per heavy atom. The number of benzene rings is 2. The number of likely N-dealkylation sites (tertiary alicyclic amines) is 1. The van der Waals surface area contributed by atoms with Crippen molar-refractivity contribution in [3.63, 3.8) is 0 Å². The standard InChI is InChI=1S/C22H24N4O/c1-24-20-10-3-2-9-19(20)23-21(24)16-7-6-8-18(13-16)26-14-17(15-26)22(27)25-11-4-5-12-25/h2-3,6-10,13,17H,4-5,11-12,14-15H2,1H3. The van der Waals surface area contributed by atoms with Crippen molar-refractivity contribution in [2.45, 2.75) is 12.8 Å². The van der Waals surface area contributed by atoms with Crippen molar-refractivity contribution in [1.29, 1.82) is 0 Å². The minimum Gasteiger partial charge on any atom is -0.370 e. The van der Waals surface area contributed by atoms with E-state index in [1.165, 1.54) is 5.69 Å². The van der Waals surface area contributed by atoms with E-state index in [4.69, 9.17) is 4.98 Å². The zero-order valence-electron chi connectivity index (χ0n) is 15.6. The zero-order chi connectivity index (χ0) is 18.4. The van der Waals surface area contributed by atoms with E-state index in [0.717, 1.165) is 61.4 Å². The molecule has 5 rings (SSSR count). The van der Waals surface area contributed by atoms with Gasteiger partial charge in [-0.3, -0.25) is 4.79 Å². The summed E-state index contributed by atoms with van der Waals surface area (Å²) in [5.74, 6) is 1.47. The molecule has 2 aliphatic heterocycles. The van der Waals surface area contributed by atoms with Gasteiger partial charge in [-0.2, -0.15) is 0 Å². The maximum Gasteiger partial charge on any atom is 0.229 e. The van der Waals surface area contributed by atoms with Crippen LogP contribution in [0.5, 0.6) is 0 Å². The highest BCUT2D eigenvalue weighted by molar-refractivity contribution is 5.83. The van der Waals surface area contributed by atoms with Gasteiger partial charge < -0.3 is 14.4 Å². The lowest BCUT2D eigenvalue weighted by Crippen LogP contribution is -2.54. The van der Waals surface area contributed by atoms with E-state index in [-0.39, 0.29) is 5.92 Å². The second-order valence-corrected chi connectivity index (χ2v) is 7.67. The van der Waals surface area contributed by atoms with E-state index < -0.39 is 0 Å². The molecule has 0 aliphatic carbocycles. The van der Waals surface area contributed by atoms with Gasteiger partial charge in [0.15, 0.2) is 0 Å². The van der Waals surface area contributed by atoms with Crippen LogP contribution in [-0.4, -0.2) is 46.5 Å². The third-order valence-electron chi connectivity index (χ3n) is 5.91.